The molecule has 2 aliphatic heterocycles. The van der Waals surface area contributed by atoms with E-state index >= 15 is 0 Å². The molecule has 1 aromatic heterocycles. The van der Waals surface area contributed by atoms with Crippen LogP contribution in [-0.4, -0.2) is 46.4 Å². The minimum absolute atomic E-state index is 0.0974. The fraction of sp³-hybridized carbons (Fsp3) is 0.583. The molecular formula is C24H31N3O3. The number of fused-ring (bicyclic) bond motifs is 1. The second kappa shape index (κ2) is 8.52. The van der Waals surface area contributed by atoms with Crippen LogP contribution >= 0.6 is 0 Å². The van der Waals surface area contributed by atoms with E-state index in [9.17, 15) is 10.1 Å². The quantitative estimate of drug-likeness (QED) is 0.509. The number of hydrogen-bond donors (Lipinski definition) is 0. The van der Waals surface area contributed by atoms with E-state index < -0.39 is 0 Å². The number of rotatable bonds is 5. The zero-order valence-electron chi connectivity index (χ0n) is 17.5. The van der Waals surface area contributed by atoms with Gasteiger partial charge in [0.2, 0.25) is 0 Å². The Hall–Kier alpha value is -2.18. The molecule has 1 aromatic carbocycles. The summed E-state index contributed by atoms with van der Waals surface area (Å²) in [6.07, 6.45) is 9.53. The molecule has 6 nitrogen and oxygen atoms in total. The van der Waals surface area contributed by atoms with Gasteiger partial charge in [0.05, 0.1) is 11.5 Å². The second-order valence-corrected chi connectivity index (χ2v) is 9.18. The van der Waals surface area contributed by atoms with Crippen LogP contribution in [0.25, 0.3) is 11.3 Å². The summed E-state index contributed by atoms with van der Waals surface area (Å²) in [5.74, 6) is 2.47. The zero-order valence-corrected chi connectivity index (χ0v) is 17.5. The van der Waals surface area contributed by atoms with Gasteiger partial charge in [-0.25, -0.2) is 0 Å². The Morgan fingerprint density at radius 3 is 2.70 bits per heavy atom. The van der Waals surface area contributed by atoms with Crippen molar-refractivity contribution in [1.82, 2.24) is 9.80 Å². The first-order valence-corrected chi connectivity index (χ1v) is 11.5. The van der Waals surface area contributed by atoms with Gasteiger partial charge in [-0.05, 0) is 50.3 Å². The first kappa shape index (κ1) is 19.8. The van der Waals surface area contributed by atoms with Gasteiger partial charge in [-0.3, -0.25) is 19.9 Å². The number of nitro groups is 1. The molecule has 0 N–H and O–H groups in total. The lowest BCUT2D eigenvalue weighted by molar-refractivity contribution is -0.384. The van der Waals surface area contributed by atoms with Crippen LogP contribution in [-0.2, 0) is 6.54 Å². The van der Waals surface area contributed by atoms with Crippen LogP contribution in [0.1, 0.15) is 50.7 Å². The van der Waals surface area contributed by atoms with Crippen LogP contribution in [0, 0.1) is 16.0 Å². The van der Waals surface area contributed by atoms with Crippen molar-refractivity contribution in [2.45, 2.75) is 63.6 Å². The molecule has 0 spiro atoms. The number of non-ortho nitro benzene ring substituents is 1. The van der Waals surface area contributed by atoms with Gasteiger partial charge in [0.1, 0.15) is 11.5 Å². The van der Waals surface area contributed by atoms with Crippen molar-refractivity contribution in [3.05, 3.63) is 52.3 Å². The fourth-order valence-corrected chi connectivity index (χ4v) is 6.03. The van der Waals surface area contributed by atoms with Crippen LogP contribution in [0.2, 0.25) is 0 Å². The van der Waals surface area contributed by atoms with E-state index in [2.05, 4.69) is 9.80 Å². The molecule has 0 bridgehead atoms. The summed E-state index contributed by atoms with van der Waals surface area (Å²) in [5.41, 5.74) is 0.861. The lowest BCUT2D eigenvalue weighted by atomic mass is 9.78. The van der Waals surface area contributed by atoms with Gasteiger partial charge in [0.25, 0.3) is 5.69 Å². The summed E-state index contributed by atoms with van der Waals surface area (Å²) in [6.45, 7) is 4.36. The Labute approximate surface area is 178 Å². The largest absolute Gasteiger partial charge is 0.460 e. The third-order valence-electron chi connectivity index (χ3n) is 7.40. The summed E-state index contributed by atoms with van der Waals surface area (Å²) >= 11 is 0. The van der Waals surface area contributed by atoms with E-state index in [0.717, 1.165) is 36.9 Å². The number of nitro benzene ring substituents is 1. The maximum Gasteiger partial charge on any atom is 0.270 e. The van der Waals surface area contributed by atoms with E-state index in [1.165, 1.54) is 57.6 Å². The molecule has 30 heavy (non-hydrogen) atoms. The summed E-state index contributed by atoms with van der Waals surface area (Å²) in [5, 5.41) is 11.1. The van der Waals surface area contributed by atoms with Crippen LogP contribution < -0.4 is 0 Å². The molecule has 1 aliphatic carbocycles. The minimum atomic E-state index is -0.358. The Morgan fingerprint density at radius 2 is 1.87 bits per heavy atom. The molecule has 2 atom stereocenters. The average molecular weight is 410 g/mol. The third-order valence-corrected chi connectivity index (χ3v) is 7.40. The highest BCUT2D eigenvalue weighted by Gasteiger charge is 2.43. The predicted octanol–water partition coefficient (Wildman–Crippen LogP) is 5.08. The molecule has 5 rings (SSSR count). The zero-order chi connectivity index (χ0) is 20.5. The van der Waals surface area contributed by atoms with E-state index in [-0.39, 0.29) is 10.6 Å². The van der Waals surface area contributed by atoms with Crippen LogP contribution in [0.3, 0.4) is 0 Å². The molecule has 2 aromatic rings. The molecule has 0 unspecified atom stereocenters. The van der Waals surface area contributed by atoms with Gasteiger partial charge in [-0.2, -0.15) is 0 Å². The van der Waals surface area contributed by atoms with E-state index in [1.807, 2.05) is 18.2 Å². The maximum absolute atomic E-state index is 11.1. The van der Waals surface area contributed by atoms with Crippen molar-refractivity contribution in [2.75, 3.05) is 19.6 Å². The van der Waals surface area contributed by atoms with Gasteiger partial charge in [-0.1, -0.05) is 31.4 Å². The topological polar surface area (TPSA) is 62.8 Å². The third kappa shape index (κ3) is 3.91. The number of hydrogen-bond acceptors (Lipinski definition) is 5. The highest BCUT2D eigenvalue weighted by molar-refractivity contribution is 5.61. The molecule has 2 saturated heterocycles. The van der Waals surface area contributed by atoms with Crippen LogP contribution in [0.5, 0.6) is 0 Å². The molecule has 6 heteroatoms. The molecule has 0 radical (unpaired) electrons. The number of piperazine rings is 1. The normalized spacial score (nSPS) is 26.0. The Kier molecular flexibility index (Phi) is 5.61. The first-order chi connectivity index (χ1) is 14.7. The highest BCUT2D eigenvalue weighted by Crippen LogP contribution is 2.38. The lowest BCUT2D eigenvalue weighted by Crippen LogP contribution is -2.59. The standard InChI is InChI=1S/C24H31N3O3/c28-27(29)20-9-4-8-19(16-20)23-12-11-21(30-23)17-26-15-14-25-13-5-10-22(25)24(26)18-6-2-1-3-7-18/h4,8-9,11-12,16,18,22,24H,1-3,5-7,10,13-15,17H2/t22-,24-/m0/s1. The molecule has 0 amide bonds. The van der Waals surface area contributed by atoms with Crippen LogP contribution in [0.15, 0.2) is 40.8 Å². The summed E-state index contributed by atoms with van der Waals surface area (Å²) < 4.78 is 6.18. The Morgan fingerprint density at radius 1 is 1.00 bits per heavy atom. The Bertz CT molecular complexity index is 889. The van der Waals surface area contributed by atoms with Crippen LogP contribution in [0.4, 0.5) is 5.69 Å². The molecule has 1 saturated carbocycles. The van der Waals surface area contributed by atoms with Gasteiger partial charge >= 0.3 is 0 Å². The Balaban J connectivity index is 1.35. The van der Waals surface area contributed by atoms with Gasteiger partial charge in [-0.15, -0.1) is 0 Å². The van der Waals surface area contributed by atoms with Crippen molar-refractivity contribution in [2.24, 2.45) is 5.92 Å². The predicted molar refractivity (Wildman–Crippen MR) is 116 cm³/mol. The van der Waals surface area contributed by atoms with Crippen molar-refractivity contribution < 1.29 is 9.34 Å². The van der Waals surface area contributed by atoms with Gasteiger partial charge in [0, 0.05) is 42.9 Å². The molecule has 3 heterocycles. The van der Waals surface area contributed by atoms with Gasteiger partial charge in [0.15, 0.2) is 0 Å². The monoisotopic (exact) mass is 409 g/mol. The molecule has 3 aliphatic rings. The number of nitrogens with zero attached hydrogens (tertiary/aromatic N) is 3. The van der Waals surface area contributed by atoms with Crippen molar-refractivity contribution in [3.63, 3.8) is 0 Å². The summed E-state index contributed by atoms with van der Waals surface area (Å²) in [4.78, 5) is 16.1. The van der Waals surface area contributed by atoms with E-state index in [1.54, 1.807) is 12.1 Å². The summed E-state index contributed by atoms with van der Waals surface area (Å²) in [7, 11) is 0. The molecule has 3 fully saturated rings. The smallest absolute Gasteiger partial charge is 0.270 e. The molecular weight excluding hydrogens is 378 g/mol. The SMILES string of the molecule is O=[N+]([O-])c1cccc(-c2ccc(CN3CCN4CCC[C@H]4[C@@H]3C3CCCCC3)o2)c1. The number of furan rings is 1. The van der Waals surface area contributed by atoms with E-state index in [0.29, 0.717) is 17.8 Å². The fourth-order valence-electron chi connectivity index (χ4n) is 6.03. The van der Waals surface area contributed by atoms with Gasteiger partial charge < -0.3 is 4.42 Å². The second-order valence-electron chi connectivity index (χ2n) is 9.18. The number of benzene rings is 1. The van der Waals surface area contributed by atoms with Crippen molar-refractivity contribution in [3.8, 4) is 11.3 Å². The minimum Gasteiger partial charge on any atom is -0.460 e. The van der Waals surface area contributed by atoms with E-state index in [4.69, 9.17) is 4.42 Å². The van der Waals surface area contributed by atoms with Crippen molar-refractivity contribution in [1.29, 1.82) is 0 Å². The maximum atomic E-state index is 11.1. The highest BCUT2D eigenvalue weighted by atomic mass is 16.6. The first-order valence-electron chi connectivity index (χ1n) is 11.5. The summed E-state index contributed by atoms with van der Waals surface area (Å²) in [6, 6.07) is 12.0. The molecule has 160 valence electrons. The van der Waals surface area contributed by atoms with Crippen molar-refractivity contribution >= 4 is 5.69 Å². The average Bonchev–Trinajstić information content (AvgIpc) is 3.44. The lowest BCUT2D eigenvalue weighted by Gasteiger charge is -2.49.